The van der Waals surface area contributed by atoms with Crippen molar-refractivity contribution in [1.29, 1.82) is 0 Å². The van der Waals surface area contributed by atoms with Gasteiger partial charge in [0, 0.05) is 101 Å². The van der Waals surface area contributed by atoms with Crippen molar-refractivity contribution in [2.24, 2.45) is 23.3 Å². The molecule has 120 heavy (non-hydrogen) atoms. The lowest BCUT2D eigenvalue weighted by molar-refractivity contribution is 0.103. The highest BCUT2D eigenvalue weighted by Gasteiger charge is 2.46. The van der Waals surface area contributed by atoms with Crippen LogP contribution in [0.1, 0.15) is 107 Å². The number of hydrogen-bond acceptors (Lipinski definition) is 19. The second-order valence-corrected chi connectivity index (χ2v) is 33.3. The minimum atomic E-state index is -3.48. The molecule has 0 aromatic heterocycles. The van der Waals surface area contributed by atoms with Gasteiger partial charge in [0.1, 0.15) is 11.5 Å². The Kier molecular flexibility index (Phi) is 30.5. The zero-order valence-corrected chi connectivity index (χ0v) is 68.9. The molecule has 20 heteroatoms. The van der Waals surface area contributed by atoms with Gasteiger partial charge < -0.3 is 85.0 Å². The zero-order valence-electron chi connectivity index (χ0n) is 67.2. The van der Waals surface area contributed by atoms with E-state index in [4.69, 9.17) is 85.0 Å². The molecule has 0 unspecified atom stereocenters. The summed E-state index contributed by atoms with van der Waals surface area (Å²) < 4.78 is 29.9. The number of fused-ring (bicyclic) bond motifs is 3. The molecule has 0 amide bonds. The summed E-state index contributed by atoms with van der Waals surface area (Å²) in [6.07, 6.45) is 12.9. The van der Waals surface area contributed by atoms with Gasteiger partial charge in [0.25, 0.3) is 0 Å². The van der Waals surface area contributed by atoms with Crippen molar-refractivity contribution >= 4 is 95.6 Å². The Balaban J connectivity index is 0.000000139. The van der Waals surface area contributed by atoms with Crippen LogP contribution in [0.2, 0.25) is 0 Å². The average Bonchev–Trinajstić information content (AvgIpc) is 1.54. The molecule has 17 rings (SSSR count). The van der Waals surface area contributed by atoms with E-state index in [2.05, 4.69) is 72.8 Å². The molecular formula is C100H108N14O4S2. The van der Waals surface area contributed by atoms with Crippen molar-refractivity contribution in [1.82, 2.24) is 0 Å². The van der Waals surface area contributed by atoms with Gasteiger partial charge in [-0.2, -0.15) is 0 Å². The van der Waals surface area contributed by atoms with Crippen LogP contribution in [0.3, 0.4) is 0 Å². The fourth-order valence-electron chi connectivity index (χ4n) is 14.6. The maximum atomic E-state index is 12.2. The van der Waals surface area contributed by atoms with Crippen LogP contribution >= 0.6 is 11.8 Å². The Morgan fingerprint density at radius 3 is 0.858 bits per heavy atom. The molecule has 614 valence electrons. The monoisotopic (exact) mass is 1630 g/mol. The number of ketones is 1. The van der Waals surface area contributed by atoms with Crippen molar-refractivity contribution in [3.63, 3.8) is 0 Å². The van der Waals surface area contributed by atoms with Gasteiger partial charge in [-0.15, -0.1) is 0 Å². The molecular weight excluding hydrogens is 1530 g/mol. The minimum absolute atomic E-state index is 0.0278. The predicted molar refractivity (Wildman–Crippen MR) is 501 cm³/mol. The van der Waals surface area contributed by atoms with Gasteiger partial charge in [0.05, 0.1) is 15.2 Å². The Labute approximate surface area is 709 Å². The molecule has 0 heterocycles. The van der Waals surface area contributed by atoms with Gasteiger partial charge in [-0.05, 0) is 363 Å². The van der Waals surface area contributed by atoms with Crippen molar-refractivity contribution in [2.45, 2.75) is 101 Å². The molecule has 0 radical (unpaired) electrons. The summed E-state index contributed by atoms with van der Waals surface area (Å²) in [6.45, 7) is 0. The maximum absolute atomic E-state index is 12.2. The molecule has 2 fully saturated rings. The number of benzene rings is 14. The molecule has 0 spiro atoms. The molecule has 0 bridgehead atoms. The number of carbonyl (C=O) groups excluding carboxylic acids is 1. The van der Waals surface area contributed by atoms with E-state index in [1.165, 1.54) is 136 Å². The van der Waals surface area contributed by atoms with E-state index in [0.717, 1.165) is 75.3 Å². The van der Waals surface area contributed by atoms with Gasteiger partial charge in [0.15, 0.2) is 5.78 Å². The van der Waals surface area contributed by atoms with E-state index in [0.29, 0.717) is 46.0 Å². The summed E-state index contributed by atoms with van der Waals surface area (Å²) in [5.74, 6) is 3.44. The Morgan fingerprint density at radius 1 is 0.308 bits per heavy atom. The third kappa shape index (κ3) is 24.7. The first-order valence-electron chi connectivity index (χ1n) is 39.9. The smallest absolute Gasteiger partial charge is 0.206 e. The summed E-state index contributed by atoms with van der Waals surface area (Å²) in [7, 11) is -3.48. The van der Waals surface area contributed by atoms with Crippen molar-refractivity contribution in [2.75, 3.05) is 68.8 Å². The molecule has 2 saturated carbocycles. The summed E-state index contributed by atoms with van der Waals surface area (Å²) in [5, 5.41) is 0. The third-order valence-corrected chi connectivity index (χ3v) is 24.0. The molecule has 14 aromatic rings. The van der Waals surface area contributed by atoms with Crippen molar-refractivity contribution in [3.05, 3.63) is 384 Å². The third-order valence-electron chi connectivity index (χ3n) is 21.2. The van der Waals surface area contributed by atoms with Crippen LogP contribution in [-0.2, 0) is 21.7 Å². The molecule has 18 nitrogen and oxygen atoms in total. The average molecular weight is 1630 g/mol. The maximum Gasteiger partial charge on any atom is 0.206 e. The first-order valence-corrected chi connectivity index (χ1v) is 42.2. The van der Waals surface area contributed by atoms with E-state index in [-0.39, 0.29) is 21.0 Å². The number of hydrogen-bond donors (Lipinski definition) is 14. The van der Waals surface area contributed by atoms with E-state index in [9.17, 15) is 13.2 Å². The number of anilines is 12. The highest BCUT2D eigenvalue weighted by molar-refractivity contribution is 7.99. The summed E-state index contributed by atoms with van der Waals surface area (Å²) in [5.41, 5.74) is 99.1. The van der Waals surface area contributed by atoms with E-state index >= 15 is 0 Å². The number of ether oxygens (including phenoxy) is 1. The number of sulfone groups is 1. The van der Waals surface area contributed by atoms with Crippen LogP contribution in [0.5, 0.6) is 11.5 Å². The second-order valence-electron chi connectivity index (χ2n) is 30.2. The lowest BCUT2D eigenvalue weighted by Gasteiger charge is -2.34. The molecule has 28 N–H and O–H groups in total. The normalized spacial score (nSPS) is 15.2. The number of nitrogen functional groups attached to an aromatic ring is 12. The molecule has 14 aromatic carbocycles. The largest absolute Gasteiger partial charge is 0.457 e. The van der Waals surface area contributed by atoms with Crippen LogP contribution in [0.15, 0.2) is 359 Å². The van der Waals surface area contributed by atoms with Gasteiger partial charge in [0.2, 0.25) is 9.84 Å². The fraction of sp³-hybridized carbons (Fsp3) is 0.150. The number of rotatable bonds is 14. The molecule has 0 aliphatic heterocycles. The predicted octanol–water partition coefficient (Wildman–Crippen LogP) is 19.5. The van der Waals surface area contributed by atoms with Gasteiger partial charge in [-0.25, -0.2) is 8.42 Å². The van der Waals surface area contributed by atoms with Crippen LogP contribution in [0.4, 0.5) is 68.2 Å². The Bertz CT molecular complexity index is 5090. The SMILES string of the molecule is NC1CCC(CC2CCC(N)CC2)CC1.Nc1ccc(C(=O)c2ccc(N)cc2)cc1.Nc1ccc(C2(c3ccc(N)cc3)c3ccccc3-c3ccccc32)cc1.Nc1ccc(Cc2ccc(N)cc2)cc1.Nc1ccc(Oc2ccc(N)cc2)cc1.Nc1ccc(S(=O)(=O)c2ccc(N)cc2)cc1.Nc1ccc(Sc2ccc(N)cc2)cc1. The van der Waals surface area contributed by atoms with Gasteiger partial charge in [-0.1, -0.05) is 109 Å². The quantitative estimate of drug-likeness (QED) is 0.0355. The Morgan fingerprint density at radius 2 is 0.558 bits per heavy atom. The van der Waals surface area contributed by atoms with Crippen LogP contribution < -0.4 is 85.0 Å². The van der Waals surface area contributed by atoms with Crippen LogP contribution in [0, 0.1) is 11.8 Å². The number of carbonyl (C=O) groups is 1. The minimum Gasteiger partial charge on any atom is -0.457 e. The molecule has 3 aliphatic rings. The van der Waals surface area contributed by atoms with Crippen LogP contribution in [0.25, 0.3) is 11.1 Å². The highest BCUT2D eigenvalue weighted by Crippen LogP contribution is 2.56. The van der Waals surface area contributed by atoms with Gasteiger partial charge in [-0.3, -0.25) is 4.79 Å². The van der Waals surface area contributed by atoms with Crippen molar-refractivity contribution in [3.8, 4) is 22.6 Å². The standard InChI is InChI=1S/C25H20N2.C13H12N2O.C13H26N2.C13H14N2.C12H12N2O2S.C12H12N2O.C12H12N2S/c26-19-13-9-17(10-14-19)25(18-11-15-20(27)16-12-18)23-7-3-1-5-21(23)22-6-2-4-8-24(22)25;14-11-5-1-9(2-6-11)13(16)10-3-7-12(15)8-4-10;2*14-12-5-1-10(2-6-12)9-11-3-7-13(15)8-4-11;13-9-1-5-11(6-2-9)17(15,16)12-7-3-10(14)4-8-12;2*13-9-1-5-11(6-2-9)15-12-7-3-10(14)4-8-12/h1-16H,26-27H2;1-8H,14-15H2;10-13H,1-9,14-15H2;1-8H,9,14-15H2;1-8H,13-14H2;2*1-8H,13-14H2. The van der Waals surface area contributed by atoms with E-state index in [1.807, 2.05) is 146 Å². The summed E-state index contributed by atoms with van der Waals surface area (Å²) >= 11 is 1.69. The lowest BCUT2D eigenvalue weighted by atomic mass is 9.67. The summed E-state index contributed by atoms with van der Waals surface area (Å²) in [6, 6.07) is 107. The van der Waals surface area contributed by atoms with Gasteiger partial charge >= 0.3 is 0 Å². The highest BCUT2D eigenvalue weighted by atomic mass is 32.2. The molecule has 0 atom stereocenters. The van der Waals surface area contributed by atoms with Crippen LogP contribution in [-0.4, -0.2) is 26.3 Å². The van der Waals surface area contributed by atoms with Crippen molar-refractivity contribution < 1.29 is 17.9 Å². The number of nitrogens with two attached hydrogens (primary N) is 14. The summed E-state index contributed by atoms with van der Waals surface area (Å²) in [4.78, 5) is 14.8. The lowest BCUT2D eigenvalue weighted by Crippen LogP contribution is -2.30. The first-order chi connectivity index (χ1) is 57.8. The van der Waals surface area contributed by atoms with E-state index < -0.39 is 9.84 Å². The second kappa shape index (κ2) is 42.0. The van der Waals surface area contributed by atoms with E-state index in [1.54, 1.807) is 109 Å². The first kappa shape index (κ1) is 87.2. The zero-order chi connectivity index (χ0) is 85.1. The topological polar surface area (TPSA) is 425 Å². The Hall–Kier alpha value is -13.6. The fourth-order valence-corrected chi connectivity index (χ4v) is 16.7. The molecule has 0 saturated heterocycles. The molecule has 3 aliphatic carbocycles.